The summed E-state index contributed by atoms with van der Waals surface area (Å²) in [6.07, 6.45) is 4.93. The fourth-order valence-electron chi connectivity index (χ4n) is 3.22. The third-order valence-corrected chi connectivity index (χ3v) is 5.83. The SMILES string of the molecule is CCC1CCc2nc(NC(=O)CCC(=O)N3CCOCC3)sc2C1. The zero-order chi connectivity index (χ0) is 16.9. The summed E-state index contributed by atoms with van der Waals surface area (Å²) in [4.78, 5) is 31.8. The zero-order valence-corrected chi connectivity index (χ0v) is 15.0. The predicted molar refractivity (Wildman–Crippen MR) is 93.2 cm³/mol. The van der Waals surface area contributed by atoms with Gasteiger partial charge >= 0.3 is 0 Å². The second kappa shape index (κ2) is 8.07. The van der Waals surface area contributed by atoms with Gasteiger partial charge in [0.1, 0.15) is 0 Å². The van der Waals surface area contributed by atoms with E-state index in [4.69, 9.17) is 4.74 Å². The van der Waals surface area contributed by atoms with E-state index in [1.54, 1.807) is 16.2 Å². The molecule has 1 unspecified atom stereocenters. The van der Waals surface area contributed by atoms with Crippen LogP contribution in [0, 0.1) is 5.92 Å². The van der Waals surface area contributed by atoms with Crippen LogP contribution in [-0.2, 0) is 27.2 Å². The molecule has 1 N–H and O–H groups in total. The van der Waals surface area contributed by atoms with Crippen LogP contribution in [-0.4, -0.2) is 48.0 Å². The fourth-order valence-corrected chi connectivity index (χ4v) is 4.36. The molecule has 132 valence electrons. The van der Waals surface area contributed by atoms with Crippen LogP contribution in [0.5, 0.6) is 0 Å². The molecule has 0 aromatic carbocycles. The molecule has 2 aliphatic rings. The van der Waals surface area contributed by atoms with Gasteiger partial charge in [0.2, 0.25) is 11.8 Å². The van der Waals surface area contributed by atoms with Crippen LogP contribution in [0.15, 0.2) is 0 Å². The lowest BCUT2D eigenvalue weighted by Crippen LogP contribution is -2.40. The van der Waals surface area contributed by atoms with E-state index in [0.717, 1.165) is 24.5 Å². The van der Waals surface area contributed by atoms with Crippen LogP contribution >= 0.6 is 11.3 Å². The molecule has 1 aromatic rings. The smallest absolute Gasteiger partial charge is 0.226 e. The summed E-state index contributed by atoms with van der Waals surface area (Å²) < 4.78 is 5.23. The van der Waals surface area contributed by atoms with E-state index in [2.05, 4.69) is 17.2 Å². The topological polar surface area (TPSA) is 71.5 Å². The van der Waals surface area contributed by atoms with Gasteiger partial charge in [0.15, 0.2) is 5.13 Å². The van der Waals surface area contributed by atoms with Gasteiger partial charge in [-0.2, -0.15) is 0 Å². The molecule has 1 aliphatic carbocycles. The van der Waals surface area contributed by atoms with Gasteiger partial charge in [-0.1, -0.05) is 13.3 Å². The monoisotopic (exact) mass is 351 g/mol. The average molecular weight is 351 g/mol. The summed E-state index contributed by atoms with van der Waals surface area (Å²) in [5.74, 6) is 0.639. The Bertz CT molecular complexity index is 596. The van der Waals surface area contributed by atoms with Crippen molar-refractivity contribution in [3.63, 3.8) is 0 Å². The second-order valence-corrected chi connectivity index (χ2v) is 7.53. The molecule has 0 saturated carbocycles. The van der Waals surface area contributed by atoms with Crippen molar-refractivity contribution >= 4 is 28.3 Å². The Balaban J connectivity index is 1.47. The molecule has 1 atom stereocenters. The van der Waals surface area contributed by atoms with E-state index in [0.29, 0.717) is 31.4 Å². The standard InChI is InChI=1S/C17H25N3O3S/c1-2-12-3-4-13-14(11-12)24-17(18-13)19-15(21)5-6-16(22)20-7-9-23-10-8-20/h12H,2-11H2,1H3,(H,18,19,21). The number of aromatic nitrogens is 1. The lowest BCUT2D eigenvalue weighted by atomic mass is 9.89. The van der Waals surface area contributed by atoms with Gasteiger partial charge in [-0.05, 0) is 25.2 Å². The highest BCUT2D eigenvalue weighted by Gasteiger charge is 2.22. The number of carbonyl (C=O) groups is 2. The van der Waals surface area contributed by atoms with Crippen LogP contribution in [0.3, 0.4) is 0 Å². The third kappa shape index (κ3) is 4.33. The number of thiazole rings is 1. The number of carbonyl (C=O) groups excluding carboxylic acids is 2. The molecule has 7 heteroatoms. The Hall–Kier alpha value is -1.47. The molecule has 1 saturated heterocycles. The van der Waals surface area contributed by atoms with Gasteiger partial charge in [0, 0.05) is 30.8 Å². The van der Waals surface area contributed by atoms with Crippen molar-refractivity contribution in [3.05, 3.63) is 10.6 Å². The first kappa shape index (κ1) is 17.4. The first-order chi connectivity index (χ1) is 11.7. The number of nitrogens with one attached hydrogen (secondary N) is 1. The summed E-state index contributed by atoms with van der Waals surface area (Å²) in [5, 5.41) is 3.54. The highest BCUT2D eigenvalue weighted by atomic mass is 32.1. The maximum atomic E-state index is 12.1. The van der Waals surface area contributed by atoms with E-state index in [1.165, 1.54) is 17.7 Å². The number of amides is 2. The first-order valence-corrected chi connectivity index (χ1v) is 9.61. The Morgan fingerprint density at radius 3 is 2.88 bits per heavy atom. The molecule has 24 heavy (non-hydrogen) atoms. The highest BCUT2D eigenvalue weighted by Crippen LogP contribution is 2.33. The van der Waals surface area contributed by atoms with Gasteiger partial charge in [-0.3, -0.25) is 9.59 Å². The maximum Gasteiger partial charge on any atom is 0.226 e. The Labute approximate surface area is 146 Å². The Morgan fingerprint density at radius 2 is 2.12 bits per heavy atom. The van der Waals surface area contributed by atoms with Crippen molar-refractivity contribution in [1.82, 2.24) is 9.88 Å². The van der Waals surface area contributed by atoms with E-state index < -0.39 is 0 Å². The lowest BCUT2D eigenvalue weighted by molar-refractivity contribution is -0.136. The molecule has 6 nitrogen and oxygen atoms in total. The van der Waals surface area contributed by atoms with Crippen molar-refractivity contribution in [2.45, 2.75) is 45.4 Å². The normalized spacial score (nSPS) is 20.5. The minimum atomic E-state index is -0.130. The molecule has 0 bridgehead atoms. The van der Waals surface area contributed by atoms with E-state index >= 15 is 0 Å². The molecular formula is C17H25N3O3S. The minimum Gasteiger partial charge on any atom is -0.378 e. The van der Waals surface area contributed by atoms with Crippen LogP contribution < -0.4 is 5.32 Å². The van der Waals surface area contributed by atoms with Crippen molar-refractivity contribution in [1.29, 1.82) is 0 Å². The zero-order valence-electron chi connectivity index (χ0n) is 14.2. The van der Waals surface area contributed by atoms with E-state index in [1.807, 2.05) is 0 Å². The summed E-state index contributed by atoms with van der Waals surface area (Å²) in [5.41, 5.74) is 1.14. The number of fused-ring (bicyclic) bond motifs is 1. The van der Waals surface area contributed by atoms with Crippen molar-refractivity contribution in [2.75, 3.05) is 31.6 Å². The second-order valence-electron chi connectivity index (χ2n) is 6.45. The van der Waals surface area contributed by atoms with Crippen LogP contribution in [0.1, 0.15) is 43.2 Å². The van der Waals surface area contributed by atoms with Crippen molar-refractivity contribution < 1.29 is 14.3 Å². The number of anilines is 1. The van der Waals surface area contributed by atoms with Crippen LogP contribution in [0.25, 0.3) is 0 Å². The first-order valence-electron chi connectivity index (χ1n) is 8.79. The Morgan fingerprint density at radius 1 is 1.33 bits per heavy atom. The van der Waals surface area contributed by atoms with E-state index in [9.17, 15) is 9.59 Å². The molecule has 2 amide bonds. The summed E-state index contributed by atoms with van der Waals surface area (Å²) >= 11 is 1.59. The maximum absolute atomic E-state index is 12.1. The molecule has 0 radical (unpaired) electrons. The van der Waals surface area contributed by atoms with Crippen molar-refractivity contribution in [3.8, 4) is 0 Å². The number of aryl methyl sites for hydroxylation is 1. The minimum absolute atomic E-state index is 0.0256. The largest absolute Gasteiger partial charge is 0.378 e. The number of ether oxygens (including phenoxy) is 1. The number of nitrogens with zero attached hydrogens (tertiary/aromatic N) is 2. The number of morpholine rings is 1. The third-order valence-electron chi connectivity index (χ3n) is 4.80. The molecule has 0 spiro atoms. The number of rotatable bonds is 5. The Kier molecular flexibility index (Phi) is 5.84. The highest BCUT2D eigenvalue weighted by molar-refractivity contribution is 7.15. The predicted octanol–water partition coefficient (Wildman–Crippen LogP) is 2.24. The number of hydrogen-bond acceptors (Lipinski definition) is 5. The summed E-state index contributed by atoms with van der Waals surface area (Å²) in [6, 6.07) is 0. The lowest BCUT2D eigenvalue weighted by Gasteiger charge is -2.26. The van der Waals surface area contributed by atoms with Gasteiger partial charge in [0.05, 0.1) is 18.9 Å². The molecule has 1 aliphatic heterocycles. The van der Waals surface area contributed by atoms with Crippen LogP contribution in [0.4, 0.5) is 5.13 Å². The van der Waals surface area contributed by atoms with Gasteiger partial charge in [-0.25, -0.2) is 4.98 Å². The molecule has 2 heterocycles. The van der Waals surface area contributed by atoms with Gasteiger partial charge < -0.3 is 15.0 Å². The molecule has 1 fully saturated rings. The fraction of sp³-hybridized carbons (Fsp3) is 0.706. The summed E-state index contributed by atoms with van der Waals surface area (Å²) in [6.45, 7) is 4.64. The quantitative estimate of drug-likeness (QED) is 0.883. The molecule has 1 aromatic heterocycles. The average Bonchev–Trinajstić information content (AvgIpc) is 3.01. The molecule has 3 rings (SSSR count). The van der Waals surface area contributed by atoms with Gasteiger partial charge in [0.25, 0.3) is 0 Å². The number of hydrogen-bond donors (Lipinski definition) is 1. The summed E-state index contributed by atoms with van der Waals surface area (Å²) in [7, 11) is 0. The van der Waals surface area contributed by atoms with Crippen LogP contribution in [0.2, 0.25) is 0 Å². The van der Waals surface area contributed by atoms with E-state index in [-0.39, 0.29) is 24.7 Å². The van der Waals surface area contributed by atoms with Crippen molar-refractivity contribution in [2.24, 2.45) is 5.92 Å². The van der Waals surface area contributed by atoms with Gasteiger partial charge in [-0.15, -0.1) is 11.3 Å². The molecular weight excluding hydrogens is 326 g/mol.